The summed E-state index contributed by atoms with van der Waals surface area (Å²) in [7, 11) is 0. The molecule has 0 bridgehead atoms. The number of β-amino-alcohol motifs (C(OH)–C–C–N with tert-alkyl or cyclic N) is 1. The van der Waals surface area contributed by atoms with Gasteiger partial charge in [-0.25, -0.2) is 9.78 Å². The smallest absolute Gasteiger partial charge is 0.354 e. The second-order valence-corrected chi connectivity index (χ2v) is 7.00. The van der Waals surface area contributed by atoms with Crippen LogP contribution < -0.4 is 19.7 Å². The molecule has 0 radical (unpaired) electrons. The number of piperidine rings is 1. The molecule has 2 aliphatic heterocycles. The van der Waals surface area contributed by atoms with Crippen LogP contribution in [0.4, 0.5) is 5.69 Å². The molecule has 9 heteroatoms. The molecule has 1 aromatic heterocycles. The number of fused-ring (bicyclic) bond motifs is 1. The van der Waals surface area contributed by atoms with Gasteiger partial charge >= 0.3 is 5.97 Å². The normalized spacial score (nSPS) is 20.8. The van der Waals surface area contributed by atoms with Crippen molar-refractivity contribution in [3.8, 4) is 11.5 Å². The van der Waals surface area contributed by atoms with E-state index in [2.05, 4.69) is 10.3 Å². The number of aromatic carboxylic acids is 1. The summed E-state index contributed by atoms with van der Waals surface area (Å²) in [6, 6.07) is 7.96. The first-order valence-corrected chi connectivity index (χ1v) is 9.33. The van der Waals surface area contributed by atoms with Crippen LogP contribution in [-0.4, -0.2) is 65.5 Å². The van der Waals surface area contributed by atoms with E-state index in [1.54, 1.807) is 24.3 Å². The maximum Gasteiger partial charge on any atom is 0.354 e. The van der Waals surface area contributed by atoms with Crippen LogP contribution in [0.25, 0.3) is 0 Å². The third kappa shape index (κ3) is 4.09. The van der Waals surface area contributed by atoms with Gasteiger partial charge in [0.15, 0.2) is 11.5 Å². The molecule has 4 rings (SSSR count). The molecule has 2 aromatic rings. The number of amides is 1. The standard InChI is InChI=1S/C20H21N3O6/c24-14-8-12(10-23(11-14)13-4-5-21-16(9-13)20(26)27)22-19(25)15-2-1-3-17-18(15)29-7-6-28-17/h1-5,9,12,14,24H,6-8,10-11H2,(H,22,25)(H,26,27)/t12-,14+/m0/s1. The molecule has 1 aromatic carbocycles. The van der Waals surface area contributed by atoms with Crippen LogP contribution in [0.3, 0.4) is 0 Å². The summed E-state index contributed by atoms with van der Waals surface area (Å²) in [6.07, 6.45) is 1.15. The van der Waals surface area contributed by atoms with Gasteiger partial charge in [-0.3, -0.25) is 4.79 Å². The summed E-state index contributed by atoms with van der Waals surface area (Å²) < 4.78 is 11.1. The highest BCUT2D eigenvalue weighted by atomic mass is 16.6. The van der Waals surface area contributed by atoms with E-state index in [4.69, 9.17) is 14.6 Å². The van der Waals surface area contributed by atoms with Gasteiger partial charge in [0, 0.05) is 31.0 Å². The lowest BCUT2D eigenvalue weighted by atomic mass is 10.0. The van der Waals surface area contributed by atoms with Crippen LogP contribution in [0.15, 0.2) is 36.5 Å². The van der Waals surface area contributed by atoms with Crippen LogP contribution in [0.2, 0.25) is 0 Å². The lowest BCUT2D eigenvalue weighted by Gasteiger charge is -2.37. The summed E-state index contributed by atoms with van der Waals surface area (Å²) in [5.41, 5.74) is 0.936. The fourth-order valence-corrected chi connectivity index (χ4v) is 3.64. The zero-order valence-electron chi connectivity index (χ0n) is 15.6. The number of carbonyl (C=O) groups excluding carboxylic acids is 1. The summed E-state index contributed by atoms with van der Waals surface area (Å²) in [4.78, 5) is 29.7. The molecule has 3 N–H and O–H groups in total. The Morgan fingerprint density at radius 1 is 1.17 bits per heavy atom. The van der Waals surface area contributed by atoms with Crippen molar-refractivity contribution in [3.05, 3.63) is 47.8 Å². The Morgan fingerprint density at radius 3 is 2.83 bits per heavy atom. The lowest BCUT2D eigenvalue weighted by molar-refractivity contribution is 0.0690. The van der Waals surface area contributed by atoms with Gasteiger partial charge in [-0.05, 0) is 30.7 Å². The second kappa shape index (κ2) is 7.96. The number of rotatable bonds is 4. The zero-order valence-corrected chi connectivity index (χ0v) is 15.6. The van der Waals surface area contributed by atoms with Gasteiger partial charge in [0.1, 0.15) is 18.9 Å². The number of pyridine rings is 1. The SMILES string of the molecule is O=C(O)c1cc(N2C[C@H](O)C[C@H](NC(=O)c3cccc4c3OCCO4)C2)ccn1. The van der Waals surface area contributed by atoms with E-state index in [1.807, 2.05) is 4.90 Å². The highest BCUT2D eigenvalue weighted by Gasteiger charge is 2.29. The molecule has 9 nitrogen and oxygen atoms in total. The molecule has 2 aliphatic rings. The average molecular weight is 399 g/mol. The Balaban J connectivity index is 1.50. The second-order valence-electron chi connectivity index (χ2n) is 7.00. The van der Waals surface area contributed by atoms with E-state index < -0.39 is 12.1 Å². The minimum Gasteiger partial charge on any atom is -0.486 e. The van der Waals surface area contributed by atoms with E-state index in [9.17, 15) is 14.7 Å². The van der Waals surface area contributed by atoms with Crippen molar-refractivity contribution in [1.82, 2.24) is 10.3 Å². The molecule has 1 amide bonds. The number of carboxylic acids is 1. The predicted octanol–water partition coefficient (Wildman–Crippen LogP) is 0.921. The van der Waals surface area contributed by atoms with Gasteiger partial charge in [-0.15, -0.1) is 0 Å². The van der Waals surface area contributed by atoms with E-state index in [1.165, 1.54) is 12.3 Å². The lowest BCUT2D eigenvalue weighted by Crippen LogP contribution is -2.52. The number of aliphatic hydroxyl groups is 1. The van der Waals surface area contributed by atoms with Crippen LogP contribution in [0, 0.1) is 0 Å². The van der Waals surface area contributed by atoms with Crippen molar-refractivity contribution >= 4 is 17.6 Å². The molecule has 1 fully saturated rings. The number of benzene rings is 1. The maximum atomic E-state index is 12.8. The quantitative estimate of drug-likeness (QED) is 0.694. The number of carbonyl (C=O) groups is 2. The number of nitrogens with one attached hydrogen (secondary N) is 1. The van der Waals surface area contributed by atoms with Crippen LogP contribution in [0.5, 0.6) is 11.5 Å². The van der Waals surface area contributed by atoms with E-state index in [-0.39, 0.29) is 17.6 Å². The first-order valence-electron chi connectivity index (χ1n) is 9.33. The Labute approximate surface area is 166 Å². The fourth-order valence-electron chi connectivity index (χ4n) is 3.64. The van der Waals surface area contributed by atoms with Gasteiger partial charge in [0.05, 0.1) is 11.7 Å². The van der Waals surface area contributed by atoms with Gasteiger partial charge in [-0.1, -0.05) is 6.07 Å². The van der Waals surface area contributed by atoms with Gasteiger partial charge in [0.25, 0.3) is 5.91 Å². The number of nitrogens with zero attached hydrogens (tertiary/aromatic N) is 2. The van der Waals surface area contributed by atoms with Gasteiger partial charge in [-0.2, -0.15) is 0 Å². The van der Waals surface area contributed by atoms with Gasteiger partial charge in [0.2, 0.25) is 0 Å². The van der Waals surface area contributed by atoms with E-state index >= 15 is 0 Å². The molecule has 3 heterocycles. The summed E-state index contributed by atoms with van der Waals surface area (Å²) in [6.45, 7) is 1.58. The molecular formula is C20H21N3O6. The Kier molecular flexibility index (Phi) is 5.22. The number of ether oxygens (including phenoxy) is 2. The molecule has 0 aliphatic carbocycles. The summed E-state index contributed by atoms with van der Waals surface area (Å²) in [5.74, 6) is -0.477. The molecule has 29 heavy (non-hydrogen) atoms. The van der Waals surface area contributed by atoms with Crippen LogP contribution in [0.1, 0.15) is 27.3 Å². The van der Waals surface area contributed by atoms with Crippen molar-refractivity contribution < 1.29 is 29.3 Å². The molecule has 1 saturated heterocycles. The number of aliphatic hydroxyl groups excluding tert-OH is 1. The third-order valence-corrected chi connectivity index (χ3v) is 4.90. The van der Waals surface area contributed by atoms with Crippen molar-refractivity contribution in [2.75, 3.05) is 31.2 Å². The van der Waals surface area contributed by atoms with Crippen molar-refractivity contribution in [2.45, 2.75) is 18.6 Å². The molecule has 152 valence electrons. The number of hydrogen-bond acceptors (Lipinski definition) is 7. The van der Waals surface area contributed by atoms with Crippen molar-refractivity contribution in [2.24, 2.45) is 0 Å². The number of para-hydroxylation sites is 1. The number of hydrogen-bond donors (Lipinski definition) is 3. The number of carboxylic acid groups (broad SMARTS) is 1. The topological polar surface area (TPSA) is 121 Å². The minimum atomic E-state index is -1.12. The first kappa shape index (κ1) is 19.0. The average Bonchev–Trinajstić information content (AvgIpc) is 2.73. The number of aromatic nitrogens is 1. The van der Waals surface area contributed by atoms with E-state index in [0.717, 1.165) is 0 Å². The Morgan fingerprint density at radius 2 is 2.00 bits per heavy atom. The molecule has 0 saturated carbocycles. The van der Waals surface area contributed by atoms with Crippen molar-refractivity contribution in [1.29, 1.82) is 0 Å². The molecule has 2 atom stereocenters. The highest BCUT2D eigenvalue weighted by molar-refractivity contribution is 5.98. The first-order chi connectivity index (χ1) is 14.0. The third-order valence-electron chi connectivity index (χ3n) is 4.90. The highest BCUT2D eigenvalue weighted by Crippen LogP contribution is 2.33. The maximum absolute atomic E-state index is 12.8. The Hall–Kier alpha value is -3.33. The monoisotopic (exact) mass is 399 g/mol. The van der Waals surface area contributed by atoms with E-state index in [0.29, 0.717) is 55.5 Å². The summed E-state index contributed by atoms with van der Waals surface area (Å²) in [5, 5.41) is 22.4. The molecule has 0 unspecified atom stereocenters. The zero-order chi connectivity index (χ0) is 20.4. The molecule has 0 spiro atoms. The minimum absolute atomic E-state index is 0.0730. The Bertz CT molecular complexity index is 934. The summed E-state index contributed by atoms with van der Waals surface area (Å²) >= 11 is 0. The fraction of sp³-hybridized carbons (Fsp3) is 0.350. The van der Waals surface area contributed by atoms with Crippen LogP contribution in [-0.2, 0) is 0 Å². The largest absolute Gasteiger partial charge is 0.486 e. The van der Waals surface area contributed by atoms with Gasteiger partial charge < -0.3 is 29.9 Å². The van der Waals surface area contributed by atoms with Crippen LogP contribution >= 0.6 is 0 Å². The molecular weight excluding hydrogens is 378 g/mol. The number of anilines is 1. The predicted molar refractivity (Wildman–Crippen MR) is 103 cm³/mol. The van der Waals surface area contributed by atoms with Crippen molar-refractivity contribution in [3.63, 3.8) is 0 Å².